The van der Waals surface area contributed by atoms with Gasteiger partial charge in [0.2, 0.25) is 0 Å². The normalized spacial score (nSPS) is 40.0. The van der Waals surface area contributed by atoms with E-state index in [9.17, 15) is 10.2 Å². The molecule has 35 heavy (non-hydrogen) atoms. The highest BCUT2D eigenvalue weighted by Gasteiger charge is 2.60. The van der Waals surface area contributed by atoms with E-state index in [2.05, 4.69) is 36.2 Å². The molecule has 1 saturated heterocycles. The Morgan fingerprint density at radius 3 is 2.60 bits per heavy atom. The molecule has 6 atom stereocenters. The molecule has 2 N–H and O–H groups in total. The SMILES string of the molecule is C[C@]12C[C@H](c3ccc(-n4ccnc4)cc3)C3=C4CCC5(C[C@]4(O)CCC3C1CCC2O)OCCO5. The minimum absolute atomic E-state index is 0.0779. The van der Waals surface area contributed by atoms with Crippen molar-refractivity contribution < 1.29 is 19.7 Å². The van der Waals surface area contributed by atoms with Crippen LogP contribution in [0.25, 0.3) is 5.69 Å². The van der Waals surface area contributed by atoms with Crippen LogP contribution in [0.5, 0.6) is 0 Å². The number of allylic oxidation sites excluding steroid dienone is 1. The maximum absolute atomic E-state index is 12.1. The number of ether oxygens (including phenoxy) is 2. The molecule has 1 aromatic carbocycles. The molecule has 186 valence electrons. The predicted molar refractivity (Wildman–Crippen MR) is 131 cm³/mol. The van der Waals surface area contributed by atoms with Gasteiger partial charge in [-0.25, -0.2) is 4.98 Å². The number of hydrogen-bond acceptors (Lipinski definition) is 5. The molecule has 0 radical (unpaired) electrons. The largest absolute Gasteiger partial charge is 0.393 e. The number of fused-ring (bicyclic) bond motifs is 4. The van der Waals surface area contributed by atoms with Gasteiger partial charge in [-0.2, -0.15) is 0 Å². The van der Waals surface area contributed by atoms with Crippen LogP contribution >= 0.6 is 0 Å². The van der Waals surface area contributed by atoms with Crippen molar-refractivity contribution in [3.05, 3.63) is 59.7 Å². The van der Waals surface area contributed by atoms with Gasteiger partial charge in [-0.3, -0.25) is 0 Å². The molecule has 0 bridgehead atoms. The fourth-order valence-corrected chi connectivity index (χ4v) is 8.57. The molecule has 4 fully saturated rings. The number of aliphatic hydroxyl groups excluding tert-OH is 1. The number of aromatic nitrogens is 2. The maximum Gasteiger partial charge on any atom is 0.171 e. The molecule has 6 heteroatoms. The summed E-state index contributed by atoms with van der Waals surface area (Å²) in [5, 5.41) is 23.2. The Hall–Kier alpha value is -1.99. The lowest BCUT2D eigenvalue weighted by atomic mass is 9.51. The van der Waals surface area contributed by atoms with Crippen molar-refractivity contribution in [2.75, 3.05) is 13.2 Å². The first-order valence-corrected chi connectivity index (χ1v) is 13.4. The summed E-state index contributed by atoms with van der Waals surface area (Å²) in [6.45, 7) is 3.56. The predicted octanol–water partition coefficient (Wildman–Crippen LogP) is 4.50. The molecule has 3 saturated carbocycles. The molecular formula is C29H36N2O4. The van der Waals surface area contributed by atoms with Crippen LogP contribution in [0.3, 0.4) is 0 Å². The number of nitrogens with zero attached hydrogens (tertiary/aromatic N) is 2. The third-order valence-electron chi connectivity index (χ3n) is 10.3. The summed E-state index contributed by atoms with van der Waals surface area (Å²) in [7, 11) is 0. The lowest BCUT2D eigenvalue weighted by molar-refractivity contribution is -0.208. The number of hydrogen-bond donors (Lipinski definition) is 2. The van der Waals surface area contributed by atoms with Gasteiger partial charge in [0.1, 0.15) is 0 Å². The monoisotopic (exact) mass is 476 g/mol. The van der Waals surface area contributed by atoms with E-state index in [0.717, 1.165) is 50.6 Å². The number of aliphatic hydroxyl groups is 2. The van der Waals surface area contributed by atoms with E-state index in [4.69, 9.17) is 9.47 Å². The first-order chi connectivity index (χ1) is 16.9. The van der Waals surface area contributed by atoms with Crippen molar-refractivity contribution in [3.63, 3.8) is 0 Å². The Morgan fingerprint density at radius 2 is 1.86 bits per heavy atom. The van der Waals surface area contributed by atoms with Crippen molar-refractivity contribution in [2.24, 2.45) is 17.3 Å². The van der Waals surface area contributed by atoms with Crippen LogP contribution in [0, 0.1) is 17.3 Å². The van der Waals surface area contributed by atoms with Crippen molar-refractivity contribution in [2.45, 2.75) is 81.7 Å². The van der Waals surface area contributed by atoms with Crippen LogP contribution in [0.1, 0.15) is 69.8 Å². The summed E-state index contributed by atoms with van der Waals surface area (Å²) in [6, 6.07) is 8.83. The first-order valence-electron chi connectivity index (χ1n) is 13.4. The van der Waals surface area contributed by atoms with Crippen molar-refractivity contribution in [3.8, 4) is 5.69 Å². The molecule has 2 heterocycles. The second kappa shape index (κ2) is 7.75. The zero-order chi connectivity index (χ0) is 23.8. The third kappa shape index (κ3) is 3.26. The van der Waals surface area contributed by atoms with Gasteiger partial charge in [0.15, 0.2) is 5.79 Å². The summed E-state index contributed by atoms with van der Waals surface area (Å²) in [5.41, 5.74) is 4.18. The van der Waals surface area contributed by atoms with Crippen molar-refractivity contribution in [1.82, 2.24) is 9.55 Å². The molecule has 4 aliphatic carbocycles. The summed E-state index contributed by atoms with van der Waals surface area (Å²) in [4.78, 5) is 4.18. The highest BCUT2D eigenvalue weighted by atomic mass is 16.7. The van der Waals surface area contributed by atoms with E-state index in [1.807, 2.05) is 17.1 Å². The van der Waals surface area contributed by atoms with Gasteiger partial charge in [0.05, 0.1) is 31.2 Å². The average Bonchev–Trinajstić information content (AvgIpc) is 3.60. The Bertz CT molecular complexity index is 1140. The molecule has 7 rings (SSSR count). The Morgan fingerprint density at radius 1 is 1.06 bits per heavy atom. The zero-order valence-corrected chi connectivity index (χ0v) is 20.5. The van der Waals surface area contributed by atoms with Crippen LogP contribution in [-0.2, 0) is 9.47 Å². The molecule has 1 spiro atoms. The Balaban J connectivity index is 1.32. The van der Waals surface area contributed by atoms with Crippen LogP contribution < -0.4 is 0 Å². The first kappa shape index (κ1) is 22.2. The number of benzene rings is 1. The Kier molecular flexibility index (Phi) is 4.92. The summed E-state index contributed by atoms with van der Waals surface area (Å²) in [6.07, 6.45) is 12.2. The summed E-state index contributed by atoms with van der Waals surface area (Å²) < 4.78 is 14.1. The quantitative estimate of drug-likeness (QED) is 0.624. The fourth-order valence-electron chi connectivity index (χ4n) is 8.57. The van der Waals surface area contributed by atoms with Crippen LogP contribution in [-0.4, -0.2) is 50.5 Å². The van der Waals surface area contributed by atoms with Gasteiger partial charge >= 0.3 is 0 Å². The van der Waals surface area contributed by atoms with Gasteiger partial charge in [-0.05, 0) is 79.0 Å². The molecule has 1 aromatic heterocycles. The van der Waals surface area contributed by atoms with E-state index in [0.29, 0.717) is 31.5 Å². The lowest BCUT2D eigenvalue weighted by Gasteiger charge is -2.56. The molecule has 6 nitrogen and oxygen atoms in total. The summed E-state index contributed by atoms with van der Waals surface area (Å²) in [5.74, 6) is 0.521. The molecule has 2 aromatic rings. The average molecular weight is 477 g/mol. The molecule has 1 aliphatic heterocycles. The molecule has 0 amide bonds. The van der Waals surface area contributed by atoms with E-state index >= 15 is 0 Å². The topological polar surface area (TPSA) is 76.7 Å². The Labute approximate surface area is 207 Å². The fraction of sp³-hybridized carbons (Fsp3) is 0.621. The minimum atomic E-state index is -0.853. The number of rotatable bonds is 2. The third-order valence-corrected chi connectivity index (χ3v) is 10.3. The van der Waals surface area contributed by atoms with Gasteiger partial charge < -0.3 is 24.3 Å². The maximum atomic E-state index is 12.1. The molecule has 5 aliphatic rings. The highest BCUT2D eigenvalue weighted by molar-refractivity contribution is 5.45. The van der Waals surface area contributed by atoms with Gasteiger partial charge in [0, 0.05) is 36.8 Å². The lowest BCUT2D eigenvalue weighted by Crippen LogP contribution is -2.53. The zero-order valence-electron chi connectivity index (χ0n) is 20.5. The number of imidazole rings is 1. The van der Waals surface area contributed by atoms with Crippen molar-refractivity contribution >= 4 is 0 Å². The second-order valence-corrected chi connectivity index (χ2v) is 11.9. The molecular weight excluding hydrogens is 440 g/mol. The minimum Gasteiger partial charge on any atom is -0.393 e. The van der Waals surface area contributed by atoms with Crippen LogP contribution in [0.4, 0.5) is 0 Å². The molecule has 3 unspecified atom stereocenters. The van der Waals surface area contributed by atoms with Crippen LogP contribution in [0.2, 0.25) is 0 Å². The van der Waals surface area contributed by atoms with Gasteiger partial charge in [-0.15, -0.1) is 0 Å². The smallest absolute Gasteiger partial charge is 0.171 e. The van der Waals surface area contributed by atoms with E-state index in [1.165, 1.54) is 16.7 Å². The van der Waals surface area contributed by atoms with Gasteiger partial charge in [0.25, 0.3) is 0 Å². The highest BCUT2D eigenvalue weighted by Crippen LogP contribution is 2.65. The van der Waals surface area contributed by atoms with Gasteiger partial charge in [-0.1, -0.05) is 24.6 Å². The standard InChI is InChI=1S/C29H36N2O4/c1-27-16-22(19-2-4-20(5-3-19)31-13-12-30-18-31)26-21(23(27)6-7-25(27)32)8-10-28(33)17-29(11-9-24(26)28)34-14-15-35-29/h2-5,12-13,18,21-23,25,32-33H,6-11,14-17H2,1H3/t21?,22-,23?,25?,27+,28-/m1/s1. The summed E-state index contributed by atoms with van der Waals surface area (Å²) >= 11 is 0. The van der Waals surface area contributed by atoms with E-state index in [1.54, 1.807) is 6.20 Å². The van der Waals surface area contributed by atoms with E-state index in [-0.39, 0.29) is 17.4 Å². The van der Waals surface area contributed by atoms with Crippen LogP contribution in [0.15, 0.2) is 54.1 Å². The van der Waals surface area contributed by atoms with E-state index < -0.39 is 11.4 Å². The second-order valence-electron chi connectivity index (χ2n) is 11.9. The van der Waals surface area contributed by atoms with Crippen molar-refractivity contribution in [1.29, 1.82) is 0 Å².